The fourth-order valence-corrected chi connectivity index (χ4v) is 4.28. The Hall–Kier alpha value is -1.16. The normalized spacial score (nSPS) is 20.0. The highest BCUT2D eigenvalue weighted by Gasteiger charge is 2.43. The second-order valence-corrected chi connectivity index (χ2v) is 9.34. The molecule has 1 atom stereocenters. The number of unbranched alkanes of at least 4 members (excludes halogenated alkanes) is 4. The van der Waals surface area contributed by atoms with Crippen LogP contribution in [0.2, 0.25) is 0 Å². The molecule has 0 spiro atoms. The minimum Gasteiger partial charge on any atom is -0.378 e. The summed E-state index contributed by atoms with van der Waals surface area (Å²) in [6, 6.07) is 10.5. The van der Waals surface area contributed by atoms with E-state index in [0.29, 0.717) is 6.61 Å². The van der Waals surface area contributed by atoms with Gasteiger partial charge in [0.05, 0.1) is 6.61 Å². The molecular formula is C25H41NO2. The van der Waals surface area contributed by atoms with Crippen molar-refractivity contribution >= 4 is 0 Å². The van der Waals surface area contributed by atoms with Crippen molar-refractivity contribution in [2.24, 2.45) is 0 Å². The smallest absolute Gasteiger partial charge is 0.128 e. The van der Waals surface area contributed by atoms with E-state index in [9.17, 15) is 0 Å². The molecule has 1 aliphatic rings. The maximum Gasteiger partial charge on any atom is 0.128 e. The van der Waals surface area contributed by atoms with Gasteiger partial charge in [-0.25, -0.2) is 0 Å². The number of benzene rings is 1. The Balaban J connectivity index is 1.94. The first kappa shape index (κ1) is 23.1. The third kappa shape index (κ3) is 7.02. The maximum atomic E-state index is 6.66. The number of ether oxygens (including phenoxy) is 1. The van der Waals surface area contributed by atoms with Gasteiger partial charge in [0.1, 0.15) is 6.10 Å². The van der Waals surface area contributed by atoms with Gasteiger partial charge in [-0.1, -0.05) is 49.2 Å². The van der Waals surface area contributed by atoms with Crippen LogP contribution in [-0.4, -0.2) is 29.4 Å². The van der Waals surface area contributed by atoms with Gasteiger partial charge in [0, 0.05) is 17.7 Å². The maximum absolute atomic E-state index is 6.66. The van der Waals surface area contributed by atoms with Crippen LogP contribution in [-0.2, 0) is 9.57 Å². The molecule has 1 fully saturated rings. The van der Waals surface area contributed by atoms with Gasteiger partial charge in [-0.3, -0.25) is 4.84 Å². The Labute approximate surface area is 173 Å². The number of hydroxylamine groups is 2. The van der Waals surface area contributed by atoms with Gasteiger partial charge in [0.15, 0.2) is 0 Å². The fourth-order valence-electron chi connectivity index (χ4n) is 4.28. The van der Waals surface area contributed by atoms with Crippen molar-refractivity contribution in [3.05, 3.63) is 48.6 Å². The molecule has 0 aromatic heterocycles. The summed E-state index contributed by atoms with van der Waals surface area (Å²) in [4.78, 5) is 6.66. The molecule has 0 bridgehead atoms. The molecule has 0 radical (unpaired) electrons. The van der Waals surface area contributed by atoms with E-state index in [2.05, 4.69) is 69.7 Å². The number of nitrogens with zero attached hydrogens (tertiary/aromatic N) is 1. The molecule has 28 heavy (non-hydrogen) atoms. The molecule has 3 heteroatoms. The average molecular weight is 388 g/mol. The van der Waals surface area contributed by atoms with Crippen molar-refractivity contribution in [1.82, 2.24) is 5.06 Å². The SMILES string of the molecule is C=CCCCCCCOCC(ON1C(C)(C)CCCC1(C)C)c1ccccc1. The first-order chi connectivity index (χ1) is 13.4. The van der Waals surface area contributed by atoms with Gasteiger partial charge in [0.2, 0.25) is 0 Å². The zero-order valence-electron chi connectivity index (χ0n) is 18.6. The van der Waals surface area contributed by atoms with Crippen LogP contribution >= 0.6 is 0 Å². The van der Waals surface area contributed by atoms with Crippen molar-refractivity contribution in [3.63, 3.8) is 0 Å². The molecule has 1 aliphatic heterocycles. The van der Waals surface area contributed by atoms with Gasteiger partial charge in [0.25, 0.3) is 0 Å². The summed E-state index contributed by atoms with van der Waals surface area (Å²) in [5, 5.41) is 2.25. The molecule has 0 N–H and O–H groups in total. The minimum atomic E-state index is -0.0707. The van der Waals surface area contributed by atoms with Gasteiger partial charge in [-0.2, -0.15) is 5.06 Å². The third-order valence-corrected chi connectivity index (χ3v) is 5.80. The van der Waals surface area contributed by atoms with E-state index in [4.69, 9.17) is 9.57 Å². The zero-order chi connectivity index (χ0) is 20.5. The topological polar surface area (TPSA) is 21.7 Å². The van der Waals surface area contributed by atoms with E-state index >= 15 is 0 Å². The summed E-state index contributed by atoms with van der Waals surface area (Å²) in [5.41, 5.74) is 1.24. The van der Waals surface area contributed by atoms with Crippen LogP contribution in [0.15, 0.2) is 43.0 Å². The van der Waals surface area contributed by atoms with Gasteiger partial charge >= 0.3 is 0 Å². The molecule has 0 saturated carbocycles. The lowest BCUT2D eigenvalue weighted by Gasteiger charge is -2.52. The quantitative estimate of drug-likeness (QED) is 0.289. The molecule has 158 valence electrons. The van der Waals surface area contributed by atoms with Crippen molar-refractivity contribution in [3.8, 4) is 0 Å². The van der Waals surface area contributed by atoms with Crippen LogP contribution in [0.1, 0.15) is 90.7 Å². The standard InChI is InChI=1S/C25H41NO2/c1-6-7-8-9-10-14-20-27-21-23(22-16-12-11-13-17-22)28-26-24(2,3)18-15-19-25(26,4)5/h6,11-13,16-17,23H,1,7-10,14-15,18-21H2,2-5H3. The lowest BCUT2D eigenvalue weighted by Crippen LogP contribution is -2.58. The van der Waals surface area contributed by atoms with E-state index in [1.165, 1.54) is 31.2 Å². The van der Waals surface area contributed by atoms with Gasteiger partial charge in [-0.15, -0.1) is 6.58 Å². The molecule has 3 nitrogen and oxygen atoms in total. The number of rotatable bonds is 12. The van der Waals surface area contributed by atoms with Crippen molar-refractivity contribution in [1.29, 1.82) is 0 Å². The van der Waals surface area contributed by atoms with Gasteiger partial charge in [-0.05, 0) is 71.8 Å². The Kier molecular flexibility index (Phi) is 9.20. The molecule has 0 amide bonds. The first-order valence-electron chi connectivity index (χ1n) is 11.1. The Morgan fingerprint density at radius 3 is 2.29 bits per heavy atom. The summed E-state index contributed by atoms with van der Waals surface area (Å²) in [7, 11) is 0. The highest BCUT2D eigenvalue weighted by Crippen LogP contribution is 2.40. The molecule has 0 aliphatic carbocycles. The van der Waals surface area contributed by atoms with Crippen LogP contribution in [0.5, 0.6) is 0 Å². The number of hydrogen-bond donors (Lipinski definition) is 0. The zero-order valence-corrected chi connectivity index (χ0v) is 18.6. The van der Waals surface area contributed by atoms with E-state index in [-0.39, 0.29) is 17.2 Å². The lowest BCUT2D eigenvalue weighted by molar-refractivity contribution is -0.312. The molecule has 2 rings (SSSR count). The molecule has 1 aromatic carbocycles. The molecular weight excluding hydrogens is 346 g/mol. The van der Waals surface area contributed by atoms with Crippen LogP contribution in [0.3, 0.4) is 0 Å². The predicted octanol–water partition coefficient (Wildman–Crippen LogP) is 6.86. The predicted molar refractivity (Wildman–Crippen MR) is 118 cm³/mol. The lowest BCUT2D eigenvalue weighted by atomic mass is 9.82. The highest BCUT2D eigenvalue weighted by molar-refractivity contribution is 5.17. The Morgan fingerprint density at radius 1 is 1.00 bits per heavy atom. The summed E-state index contributed by atoms with van der Waals surface area (Å²) < 4.78 is 6.06. The van der Waals surface area contributed by atoms with E-state index in [1.807, 2.05) is 6.08 Å². The average Bonchev–Trinajstić information content (AvgIpc) is 2.65. The summed E-state index contributed by atoms with van der Waals surface area (Å²) in [6.07, 6.45) is 11.4. The molecule has 1 heterocycles. The number of hydrogen-bond acceptors (Lipinski definition) is 3. The van der Waals surface area contributed by atoms with Crippen LogP contribution in [0, 0.1) is 0 Å². The van der Waals surface area contributed by atoms with E-state index < -0.39 is 0 Å². The minimum absolute atomic E-state index is 0.0277. The molecule has 1 unspecified atom stereocenters. The Morgan fingerprint density at radius 2 is 1.64 bits per heavy atom. The number of piperidine rings is 1. The fraction of sp³-hybridized carbons (Fsp3) is 0.680. The van der Waals surface area contributed by atoms with E-state index in [0.717, 1.165) is 32.3 Å². The third-order valence-electron chi connectivity index (χ3n) is 5.80. The van der Waals surface area contributed by atoms with Crippen molar-refractivity contribution < 1.29 is 9.57 Å². The monoisotopic (exact) mass is 387 g/mol. The summed E-state index contributed by atoms with van der Waals surface area (Å²) in [6.45, 7) is 14.3. The van der Waals surface area contributed by atoms with Crippen LogP contribution in [0.25, 0.3) is 0 Å². The Bertz CT molecular complexity index is 551. The molecule has 1 aromatic rings. The number of allylic oxidation sites excluding steroid dienone is 1. The van der Waals surface area contributed by atoms with Crippen LogP contribution in [0.4, 0.5) is 0 Å². The van der Waals surface area contributed by atoms with Crippen molar-refractivity contribution in [2.75, 3.05) is 13.2 Å². The second kappa shape index (κ2) is 11.1. The first-order valence-corrected chi connectivity index (χ1v) is 11.1. The van der Waals surface area contributed by atoms with Crippen LogP contribution < -0.4 is 0 Å². The summed E-state index contributed by atoms with van der Waals surface area (Å²) in [5.74, 6) is 0. The van der Waals surface area contributed by atoms with Crippen molar-refractivity contribution in [2.45, 2.75) is 96.2 Å². The highest BCUT2D eigenvalue weighted by atomic mass is 16.7. The van der Waals surface area contributed by atoms with E-state index in [1.54, 1.807) is 0 Å². The summed E-state index contributed by atoms with van der Waals surface area (Å²) >= 11 is 0. The largest absolute Gasteiger partial charge is 0.378 e. The second-order valence-electron chi connectivity index (χ2n) is 9.34. The molecule has 1 saturated heterocycles. The van der Waals surface area contributed by atoms with Gasteiger partial charge < -0.3 is 4.74 Å².